The molecule has 0 spiro atoms. The van der Waals surface area contributed by atoms with Gasteiger partial charge in [0, 0.05) is 20.1 Å². The van der Waals surface area contributed by atoms with Crippen molar-refractivity contribution in [1.82, 2.24) is 9.55 Å². The molecule has 1 aromatic heterocycles. The highest BCUT2D eigenvalue weighted by atomic mass is 79.9. The van der Waals surface area contributed by atoms with Gasteiger partial charge in [-0.05, 0) is 34.7 Å². The second-order valence-corrected chi connectivity index (χ2v) is 5.01. The first kappa shape index (κ1) is 11.1. The third-order valence-corrected chi connectivity index (χ3v) is 3.65. The molecule has 84 valence electrons. The Labute approximate surface area is 99.0 Å². The van der Waals surface area contributed by atoms with Gasteiger partial charge in [0.25, 0.3) is 0 Å². The van der Waals surface area contributed by atoms with E-state index in [1.165, 1.54) is 12.1 Å². The highest BCUT2D eigenvalue weighted by Gasteiger charge is 2.21. The number of hydrogen-bond acceptors (Lipinski definition) is 2. The molecular weight excluding hydrogens is 256 g/mol. The topological polar surface area (TPSA) is 27.1 Å². The van der Waals surface area contributed by atoms with E-state index < -0.39 is 0 Å². The molecule has 1 aromatic rings. The first-order valence-electron chi connectivity index (χ1n) is 5.45. The van der Waals surface area contributed by atoms with E-state index >= 15 is 0 Å². The second kappa shape index (κ2) is 4.66. The lowest BCUT2D eigenvalue weighted by molar-refractivity contribution is 0.199. The third kappa shape index (κ3) is 2.26. The van der Waals surface area contributed by atoms with Crippen molar-refractivity contribution in [1.29, 1.82) is 0 Å². The zero-order chi connectivity index (χ0) is 10.8. The Balaban J connectivity index is 2.23. The Morgan fingerprint density at radius 2 is 2.40 bits per heavy atom. The van der Waals surface area contributed by atoms with Gasteiger partial charge in [0.15, 0.2) is 0 Å². The zero-order valence-electron chi connectivity index (χ0n) is 9.29. The van der Waals surface area contributed by atoms with Gasteiger partial charge in [0.1, 0.15) is 10.4 Å². The molecule has 0 fully saturated rings. The standard InChI is InChI=1S/C11H17BrN2O/c1-8-3-5-14-9(7-8)11(12)13-10(14)4-6-15-2/h8H,3-7H2,1-2H3. The molecule has 0 aromatic carbocycles. The van der Waals surface area contributed by atoms with Gasteiger partial charge in [-0.3, -0.25) is 0 Å². The van der Waals surface area contributed by atoms with Crippen molar-refractivity contribution in [2.45, 2.75) is 32.7 Å². The summed E-state index contributed by atoms with van der Waals surface area (Å²) in [5.74, 6) is 1.94. The number of halogens is 1. The fourth-order valence-electron chi connectivity index (χ4n) is 2.13. The SMILES string of the molecule is COCCc1nc(Br)c2n1CCC(C)C2. The minimum Gasteiger partial charge on any atom is -0.384 e. The van der Waals surface area contributed by atoms with E-state index in [1.54, 1.807) is 7.11 Å². The fourth-order valence-corrected chi connectivity index (χ4v) is 2.71. The first-order valence-corrected chi connectivity index (χ1v) is 6.24. The average Bonchev–Trinajstić information content (AvgIpc) is 2.53. The molecule has 1 unspecified atom stereocenters. The number of methoxy groups -OCH3 is 1. The average molecular weight is 273 g/mol. The van der Waals surface area contributed by atoms with Crippen LogP contribution in [0.25, 0.3) is 0 Å². The minimum atomic E-state index is 0.748. The summed E-state index contributed by atoms with van der Waals surface area (Å²) in [6.45, 7) is 4.16. The number of ether oxygens (including phenoxy) is 1. The summed E-state index contributed by atoms with van der Waals surface area (Å²) in [5, 5.41) is 0. The molecule has 4 heteroatoms. The number of hydrogen-bond donors (Lipinski definition) is 0. The largest absolute Gasteiger partial charge is 0.384 e. The van der Waals surface area contributed by atoms with Crippen molar-refractivity contribution in [2.75, 3.05) is 13.7 Å². The van der Waals surface area contributed by atoms with Gasteiger partial charge >= 0.3 is 0 Å². The molecule has 1 aliphatic rings. The number of rotatable bonds is 3. The van der Waals surface area contributed by atoms with Crippen LogP contribution in [0.15, 0.2) is 4.60 Å². The summed E-state index contributed by atoms with van der Waals surface area (Å²) >= 11 is 3.55. The summed E-state index contributed by atoms with van der Waals surface area (Å²) in [7, 11) is 1.73. The molecule has 2 rings (SSSR count). The van der Waals surface area contributed by atoms with E-state index in [2.05, 4.69) is 32.4 Å². The molecule has 0 aliphatic carbocycles. The molecule has 0 N–H and O–H groups in total. The number of fused-ring (bicyclic) bond motifs is 1. The van der Waals surface area contributed by atoms with Crippen LogP contribution in [-0.2, 0) is 24.1 Å². The lowest BCUT2D eigenvalue weighted by atomic mass is 9.98. The maximum atomic E-state index is 5.10. The summed E-state index contributed by atoms with van der Waals surface area (Å²) < 4.78 is 8.48. The Morgan fingerprint density at radius 3 is 3.13 bits per heavy atom. The third-order valence-electron chi connectivity index (χ3n) is 3.02. The van der Waals surface area contributed by atoms with Crippen molar-refractivity contribution in [3.05, 3.63) is 16.1 Å². The Kier molecular flexibility index (Phi) is 3.46. The normalized spacial score (nSPS) is 20.3. The van der Waals surface area contributed by atoms with Crippen LogP contribution in [0.3, 0.4) is 0 Å². The zero-order valence-corrected chi connectivity index (χ0v) is 10.9. The molecule has 0 saturated carbocycles. The maximum absolute atomic E-state index is 5.10. The van der Waals surface area contributed by atoms with Crippen molar-refractivity contribution < 1.29 is 4.74 Å². The first-order chi connectivity index (χ1) is 7.22. The predicted molar refractivity (Wildman–Crippen MR) is 63.0 cm³/mol. The van der Waals surface area contributed by atoms with Crippen LogP contribution in [0.1, 0.15) is 24.9 Å². The molecule has 3 nitrogen and oxygen atoms in total. The molecule has 1 atom stereocenters. The molecule has 0 bridgehead atoms. The van der Waals surface area contributed by atoms with Crippen LogP contribution in [-0.4, -0.2) is 23.3 Å². The van der Waals surface area contributed by atoms with E-state index in [0.29, 0.717) is 0 Å². The van der Waals surface area contributed by atoms with Gasteiger partial charge in [0.2, 0.25) is 0 Å². The van der Waals surface area contributed by atoms with Gasteiger partial charge in [0.05, 0.1) is 12.3 Å². The van der Waals surface area contributed by atoms with E-state index in [0.717, 1.165) is 42.3 Å². The monoisotopic (exact) mass is 272 g/mol. The van der Waals surface area contributed by atoms with E-state index in [4.69, 9.17) is 4.74 Å². The van der Waals surface area contributed by atoms with E-state index in [1.807, 2.05) is 0 Å². The van der Waals surface area contributed by atoms with Crippen molar-refractivity contribution in [2.24, 2.45) is 5.92 Å². The lowest BCUT2D eigenvalue weighted by Crippen LogP contribution is -2.19. The maximum Gasteiger partial charge on any atom is 0.127 e. The van der Waals surface area contributed by atoms with Crippen LogP contribution in [0.5, 0.6) is 0 Å². The number of nitrogens with zero attached hydrogens (tertiary/aromatic N) is 2. The highest BCUT2D eigenvalue weighted by molar-refractivity contribution is 9.10. The molecule has 0 saturated heterocycles. The molecule has 0 radical (unpaired) electrons. The highest BCUT2D eigenvalue weighted by Crippen LogP contribution is 2.27. The van der Waals surface area contributed by atoms with Crippen LogP contribution >= 0.6 is 15.9 Å². The van der Waals surface area contributed by atoms with Crippen molar-refractivity contribution >= 4 is 15.9 Å². The number of imidazole rings is 1. The molecule has 1 aliphatic heterocycles. The predicted octanol–water partition coefficient (Wildman–Crippen LogP) is 2.42. The molecular formula is C11H17BrN2O. The van der Waals surface area contributed by atoms with Crippen LogP contribution in [0.2, 0.25) is 0 Å². The Hall–Kier alpha value is -0.350. The summed E-state index contributed by atoms with van der Waals surface area (Å²) in [6.07, 6.45) is 3.31. The van der Waals surface area contributed by atoms with Gasteiger partial charge in [-0.1, -0.05) is 6.92 Å². The minimum absolute atomic E-state index is 0.748. The van der Waals surface area contributed by atoms with Crippen molar-refractivity contribution in [3.63, 3.8) is 0 Å². The summed E-state index contributed by atoms with van der Waals surface area (Å²) in [4.78, 5) is 4.56. The van der Waals surface area contributed by atoms with Gasteiger partial charge in [-0.25, -0.2) is 4.98 Å². The summed E-state index contributed by atoms with van der Waals surface area (Å²) in [6, 6.07) is 0. The summed E-state index contributed by atoms with van der Waals surface area (Å²) in [5.41, 5.74) is 1.36. The smallest absolute Gasteiger partial charge is 0.127 e. The molecule has 15 heavy (non-hydrogen) atoms. The van der Waals surface area contributed by atoms with Crippen LogP contribution in [0.4, 0.5) is 0 Å². The lowest BCUT2D eigenvalue weighted by Gasteiger charge is -2.22. The quantitative estimate of drug-likeness (QED) is 0.845. The van der Waals surface area contributed by atoms with Gasteiger partial charge < -0.3 is 9.30 Å². The Morgan fingerprint density at radius 1 is 1.60 bits per heavy atom. The van der Waals surface area contributed by atoms with Gasteiger partial charge in [-0.15, -0.1) is 0 Å². The fraction of sp³-hybridized carbons (Fsp3) is 0.727. The number of aromatic nitrogens is 2. The van der Waals surface area contributed by atoms with Crippen molar-refractivity contribution in [3.8, 4) is 0 Å². The Bertz CT molecular complexity index is 349. The van der Waals surface area contributed by atoms with Crippen LogP contribution < -0.4 is 0 Å². The second-order valence-electron chi connectivity index (χ2n) is 4.26. The molecule has 0 amide bonds. The van der Waals surface area contributed by atoms with E-state index in [9.17, 15) is 0 Å². The van der Waals surface area contributed by atoms with Gasteiger partial charge in [-0.2, -0.15) is 0 Å². The van der Waals surface area contributed by atoms with Crippen LogP contribution in [0, 0.1) is 5.92 Å². The molecule has 2 heterocycles. The van der Waals surface area contributed by atoms with E-state index in [-0.39, 0.29) is 0 Å².